The van der Waals surface area contributed by atoms with E-state index in [-0.39, 0.29) is 16.1 Å². The van der Waals surface area contributed by atoms with E-state index in [0.717, 1.165) is 33.0 Å². The fourth-order valence-electron chi connectivity index (χ4n) is 2.71. The van der Waals surface area contributed by atoms with E-state index in [1.807, 2.05) is 12.1 Å². The van der Waals surface area contributed by atoms with Crippen molar-refractivity contribution in [3.05, 3.63) is 48.0 Å². The minimum atomic E-state index is -3.50. The molecule has 0 fully saturated rings. The molecule has 0 bridgehead atoms. The van der Waals surface area contributed by atoms with Gasteiger partial charge >= 0.3 is 0 Å². The number of ether oxygens (including phenoxy) is 1. The van der Waals surface area contributed by atoms with Crippen LogP contribution >= 0.6 is 23.1 Å². The molecule has 0 saturated heterocycles. The van der Waals surface area contributed by atoms with Crippen molar-refractivity contribution in [2.45, 2.75) is 35.1 Å². The van der Waals surface area contributed by atoms with Gasteiger partial charge in [0.05, 0.1) is 26.3 Å². The Kier molecular flexibility index (Phi) is 6.86. The summed E-state index contributed by atoms with van der Waals surface area (Å²) in [4.78, 5) is 17.3. The SMILES string of the molecule is COC(C)(C)CCSc1nc2ccc(NC(=O)c3ccccc3S(C)(=O)=O)cc2s1. The number of carbonyl (C=O) groups is 1. The number of methoxy groups -OCH3 is 1. The zero-order chi connectivity index (χ0) is 21.9. The number of carbonyl (C=O) groups excluding carboxylic acids is 1. The lowest BCUT2D eigenvalue weighted by atomic mass is 10.1. The van der Waals surface area contributed by atoms with E-state index in [1.54, 1.807) is 48.4 Å². The fraction of sp³-hybridized carbons (Fsp3) is 0.333. The second kappa shape index (κ2) is 9.05. The molecule has 6 nitrogen and oxygen atoms in total. The molecule has 0 spiro atoms. The summed E-state index contributed by atoms with van der Waals surface area (Å²) in [6, 6.07) is 11.7. The summed E-state index contributed by atoms with van der Waals surface area (Å²) in [5.41, 5.74) is 1.42. The first-order valence-electron chi connectivity index (χ1n) is 9.28. The molecule has 0 aliphatic rings. The smallest absolute Gasteiger partial charge is 0.256 e. The van der Waals surface area contributed by atoms with Crippen LogP contribution in [0.1, 0.15) is 30.6 Å². The molecule has 30 heavy (non-hydrogen) atoms. The highest BCUT2D eigenvalue weighted by Crippen LogP contribution is 2.32. The highest BCUT2D eigenvalue weighted by molar-refractivity contribution is 8.01. The summed E-state index contributed by atoms with van der Waals surface area (Å²) in [5, 5.41) is 2.79. The Labute approximate surface area is 185 Å². The lowest BCUT2D eigenvalue weighted by molar-refractivity contribution is 0.0207. The zero-order valence-electron chi connectivity index (χ0n) is 17.3. The number of nitrogens with zero attached hydrogens (tertiary/aromatic N) is 1. The number of benzene rings is 2. The Hall–Kier alpha value is -1.94. The van der Waals surface area contributed by atoms with E-state index in [1.165, 1.54) is 12.1 Å². The number of amides is 1. The molecular formula is C21H24N2O4S3. The number of aromatic nitrogens is 1. The molecule has 3 rings (SSSR count). The molecule has 0 radical (unpaired) electrons. The van der Waals surface area contributed by atoms with Gasteiger partial charge in [0, 0.05) is 24.8 Å². The van der Waals surface area contributed by atoms with Gasteiger partial charge in [0.25, 0.3) is 5.91 Å². The van der Waals surface area contributed by atoms with Gasteiger partial charge in [0.2, 0.25) is 0 Å². The van der Waals surface area contributed by atoms with Crippen molar-refractivity contribution in [3.8, 4) is 0 Å². The van der Waals surface area contributed by atoms with Crippen LogP contribution < -0.4 is 5.32 Å². The number of anilines is 1. The third-order valence-corrected chi connectivity index (χ3v) is 7.96. The number of thioether (sulfide) groups is 1. The van der Waals surface area contributed by atoms with Crippen LogP contribution in [0.5, 0.6) is 0 Å². The number of thiazole rings is 1. The second-order valence-corrected chi connectivity index (χ2v) is 11.8. The summed E-state index contributed by atoms with van der Waals surface area (Å²) in [5.74, 6) is 0.434. The van der Waals surface area contributed by atoms with Gasteiger partial charge in [-0.3, -0.25) is 4.79 Å². The van der Waals surface area contributed by atoms with E-state index < -0.39 is 15.7 Å². The maximum absolute atomic E-state index is 12.7. The predicted octanol–water partition coefficient (Wildman–Crippen LogP) is 4.86. The van der Waals surface area contributed by atoms with Gasteiger partial charge in [-0.25, -0.2) is 13.4 Å². The first-order chi connectivity index (χ1) is 14.1. The van der Waals surface area contributed by atoms with Gasteiger partial charge in [-0.2, -0.15) is 0 Å². The monoisotopic (exact) mass is 464 g/mol. The third kappa shape index (κ3) is 5.60. The Bertz CT molecular complexity index is 1170. The summed E-state index contributed by atoms with van der Waals surface area (Å²) < 4.78 is 31.3. The first-order valence-corrected chi connectivity index (χ1v) is 13.0. The summed E-state index contributed by atoms with van der Waals surface area (Å²) in [6.45, 7) is 4.12. The van der Waals surface area contributed by atoms with Gasteiger partial charge in [0.1, 0.15) is 0 Å². The van der Waals surface area contributed by atoms with Crippen molar-refractivity contribution in [3.63, 3.8) is 0 Å². The van der Waals surface area contributed by atoms with Crippen molar-refractivity contribution >= 4 is 54.7 Å². The van der Waals surface area contributed by atoms with Gasteiger partial charge in [0.15, 0.2) is 14.2 Å². The van der Waals surface area contributed by atoms with Crippen LogP contribution in [0, 0.1) is 0 Å². The molecular weight excluding hydrogens is 440 g/mol. The molecule has 0 unspecified atom stereocenters. The molecule has 2 aromatic carbocycles. The topological polar surface area (TPSA) is 85.4 Å². The average Bonchev–Trinajstić information content (AvgIpc) is 3.09. The van der Waals surface area contributed by atoms with Crippen LogP contribution in [-0.4, -0.2) is 44.0 Å². The normalized spacial score (nSPS) is 12.3. The van der Waals surface area contributed by atoms with Crippen molar-refractivity contribution < 1.29 is 17.9 Å². The number of hydrogen-bond acceptors (Lipinski definition) is 7. The van der Waals surface area contributed by atoms with Gasteiger partial charge in [-0.05, 0) is 50.6 Å². The molecule has 9 heteroatoms. The van der Waals surface area contributed by atoms with E-state index in [0.29, 0.717) is 5.69 Å². The minimum absolute atomic E-state index is 0.0130. The van der Waals surface area contributed by atoms with Crippen molar-refractivity contribution in [1.29, 1.82) is 0 Å². The molecule has 1 amide bonds. The van der Waals surface area contributed by atoms with Crippen LogP contribution in [0.15, 0.2) is 51.7 Å². The fourth-order valence-corrected chi connectivity index (χ4v) is 6.01. The number of rotatable bonds is 8. The largest absolute Gasteiger partial charge is 0.379 e. The Morgan fingerprint density at radius 2 is 1.97 bits per heavy atom. The maximum Gasteiger partial charge on any atom is 0.256 e. The second-order valence-electron chi connectivity index (χ2n) is 7.45. The lowest BCUT2D eigenvalue weighted by Gasteiger charge is -2.21. The van der Waals surface area contributed by atoms with Gasteiger partial charge in [-0.1, -0.05) is 23.9 Å². The van der Waals surface area contributed by atoms with Crippen LogP contribution in [0.2, 0.25) is 0 Å². The summed E-state index contributed by atoms with van der Waals surface area (Å²) >= 11 is 3.25. The number of fused-ring (bicyclic) bond motifs is 1. The minimum Gasteiger partial charge on any atom is -0.379 e. The standard InChI is InChI=1S/C21H24N2O4S3/c1-21(2,27-3)11-12-28-20-23-16-10-9-14(13-17(16)29-20)22-19(24)15-7-5-6-8-18(15)30(4,25)26/h5-10,13H,11-12H2,1-4H3,(H,22,24). The number of nitrogens with one attached hydrogen (secondary N) is 1. The summed E-state index contributed by atoms with van der Waals surface area (Å²) in [6.07, 6.45) is 2.00. The molecule has 0 saturated carbocycles. The van der Waals surface area contributed by atoms with Crippen molar-refractivity contribution in [1.82, 2.24) is 4.98 Å². The molecule has 1 N–H and O–H groups in total. The van der Waals surface area contributed by atoms with Crippen LogP contribution in [0.4, 0.5) is 5.69 Å². The van der Waals surface area contributed by atoms with E-state index >= 15 is 0 Å². The lowest BCUT2D eigenvalue weighted by Crippen LogP contribution is -2.22. The highest BCUT2D eigenvalue weighted by Gasteiger charge is 2.19. The van der Waals surface area contributed by atoms with E-state index in [4.69, 9.17) is 4.74 Å². The quantitative estimate of drug-likeness (QED) is 0.479. The van der Waals surface area contributed by atoms with Crippen LogP contribution in [0.3, 0.4) is 0 Å². The molecule has 3 aromatic rings. The van der Waals surface area contributed by atoms with Crippen molar-refractivity contribution in [2.75, 3.05) is 24.4 Å². The maximum atomic E-state index is 12.7. The number of sulfone groups is 1. The molecule has 1 aromatic heterocycles. The summed E-state index contributed by atoms with van der Waals surface area (Å²) in [7, 11) is -1.79. The average molecular weight is 465 g/mol. The van der Waals surface area contributed by atoms with Crippen LogP contribution in [-0.2, 0) is 14.6 Å². The molecule has 160 valence electrons. The zero-order valence-corrected chi connectivity index (χ0v) is 19.7. The van der Waals surface area contributed by atoms with E-state index in [9.17, 15) is 13.2 Å². The third-order valence-electron chi connectivity index (χ3n) is 4.64. The van der Waals surface area contributed by atoms with Gasteiger partial charge < -0.3 is 10.1 Å². The van der Waals surface area contributed by atoms with Crippen LogP contribution in [0.25, 0.3) is 10.2 Å². The van der Waals surface area contributed by atoms with Gasteiger partial charge in [-0.15, -0.1) is 11.3 Å². The molecule has 0 atom stereocenters. The van der Waals surface area contributed by atoms with Crippen molar-refractivity contribution in [2.24, 2.45) is 0 Å². The predicted molar refractivity (Wildman–Crippen MR) is 124 cm³/mol. The van der Waals surface area contributed by atoms with E-state index in [2.05, 4.69) is 24.1 Å². The Morgan fingerprint density at radius 3 is 2.67 bits per heavy atom. The first kappa shape index (κ1) is 22.7. The number of hydrogen-bond donors (Lipinski definition) is 1. The Morgan fingerprint density at radius 1 is 1.23 bits per heavy atom. The highest BCUT2D eigenvalue weighted by atomic mass is 32.2. The molecule has 0 aliphatic carbocycles. The Balaban J connectivity index is 1.75. The molecule has 0 aliphatic heterocycles. The molecule has 1 heterocycles.